The van der Waals surface area contributed by atoms with Gasteiger partial charge < -0.3 is 10.5 Å². The fourth-order valence-electron chi connectivity index (χ4n) is 1.42. The number of methoxy groups -OCH3 is 1. The fraction of sp³-hybridized carbons (Fsp3) is 0.222. The summed E-state index contributed by atoms with van der Waals surface area (Å²) in [5.74, 6) is 1.40. The molecule has 0 saturated carbocycles. The van der Waals surface area contributed by atoms with E-state index in [1.165, 1.54) is 0 Å². The Bertz CT molecular complexity index is 344. The number of nitrogens with two attached hydrogens (primary N) is 1. The van der Waals surface area contributed by atoms with Gasteiger partial charge in [0, 0.05) is 0 Å². The van der Waals surface area contributed by atoms with E-state index in [1.54, 1.807) is 7.11 Å². The van der Waals surface area contributed by atoms with E-state index in [0.29, 0.717) is 12.4 Å². The number of rotatable bonds is 1. The summed E-state index contributed by atoms with van der Waals surface area (Å²) in [4.78, 5) is 4.13. The van der Waals surface area contributed by atoms with E-state index in [1.807, 2.05) is 18.2 Å². The average molecular weight is 162 g/mol. The minimum atomic E-state index is 0.586. The second-order valence-electron chi connectivity index (χ2n) is 2.70. The fourth-order valence-corrected chi connectivity index (χ4v) is 1.42. The summed E-state index contributed by atoms with van der Waals surface area (Å²) in [7, 11) is 1.64. The predicted octanol–water partition coefficient (Wildman–Crippen LogP) is 0.914. The topological polar surface area (TPSA) is 47.6 Å². The van der Waals surface area contributed by atoms with Crippen LogP contribution in [0.1, 0.15) is 11.1 Å². The van der Waals surface area contributed by atoms with Gasteiger partial charge in [-0.3, -0.25) is 4.99 Å². The molecule has 0 radical (unpaired) electrons. The van der Waals surface area contributed by atoms with Crippen LogP contribution in [0.3, 0.4) is 0 Å². The Morgan fingerprint density at radius 3 is 3.08 bits per heavy atom. The van der Waals surface area contributed by atoms with Crippen molar-refractivity contribution in [3.8, 4) is 5.75 Å². The van der Waals surface area contributed by atoms with Gasteiger partial charge in [0.05, 0.1) is 19.2 Å². The van der Waals surface area contributed by atoms with Gasteiger partial charge in [0.2, 0.25) is 0 Å². The van der Waals surface area contributed by atoms with E-state index in [9.17, 15) is 0 Å². The standard InChI is InChI=1S/C9H10N2O/c1-12-7-4-2-3-6-5-11-9(10)8(6)7/h2-4H,5H2,1H3,(H2,10,11). The third-order valence-corrected chi connectivity index (χ3v) is 2.01. The lowest BCUT2D eigenvalue weighted by Gasteiger charge is -2.05. The molecule has 1 aliphatic heterocycles. The Kier molecular flexibility index (Phi) is 1.50. The van der Waals surface area contributed by atoms with Gasteiger partial charge in [-0.25, -0.2) is 0 Å². The van der Waals surface area contributed by atoms with E-state index in [4.69, 9.17) is 10.5 Å². The van der Waals surface area contributed by atoms with Gasteiger partial charge in [-0.1, -0.05) is 12.1 Å². The van der Waals surface area contributed by atoms with Crippen molar-refractivity contribution in [3.63, 3.8) is 0 Å². The van der Waals surface area contributed by atoms with Crippen molar-refractivity contribution in [1.29, 1.82) is 0 Å². The van der Waals surface area contributed by atoms with E-state index in [-0.39, 0.29) is 0 Å². The first kappa shape index (κ1) is 7.16. The van der Waals surface area contributed by atoms with Crippen LogP contribution in [0.25, 0.3) is 0 Å². The molecule has 0 aliphatic carbocycles. The summed E-state index contributed by atoms with van der Waals surface area (Å²) >= 11 is 0. The van der Waals surface area contributed by atoms with E-state index in [0.717, 1.165) is 16.9 Å². The molecule has 3 heteroatoms. The molecule has 1 aromatic carbocycles. The summed E-state index contributed by atoms with van der Waals surface area (Å²) < 4.78 is 5.17. The van der Waals surface area contributed by atoms with Gasteiger partial charge in [0.15, 0.2) is 0 Å². The molecular weight excluding hydrogens is 152 g/mol. The van der Waals surface area contributed by atoms with Gasteiger partial charge in [-0.2, -0.15) is 0 Å². The molecule has 0 atom stereocenters. The van der Waals surface area contributed by atoms with Crippen LogP contribution < -0.4 is 10.5 Å². The number of amidine groups is 1. The molecule has 0 fully saturated rings. The lowest BCUT2D eigenvalue weighted by molar-refractivity contribution is 0.413. The Balaban J connectivity index is 2.60. The maximum atomic E-state index is 5.69. The maximum absolute atomic E-state index is 5.69. The molecule has 0 bridgehead atoms. The molecule has 2 N–H and O–H groups in total. The Labute approximate surface area is 70.9 Å². The zero-order valence-electron chi connectivity index (χ0n) is 6.87. The quantitative estimate of drug-likeness (QED) is 0.667. The van der Waals surface area contributed by atoms with Crippen LogP contribution in [0.15, 0.2) is 23.2 Å². The zero-order valence-corrected chi connectivity index (χ0v) is 6.87. The van der Waals surface area contributed by atoms with Crippen LogP contribution >= 0.6 is 0 Å². The minimum absolute atomic E-state index is 0.586. The first-order valence-corrected chi connectivity index (χ1v) is 3.79. The van der Waals surface area contributed by atoms with Gasteiger partial charge in [0.1, 0.15) is 11.6 Å². The monoisotopic (exact) mass is 162 g/mol. The number of benzene rings is 1. The van der Waals surface area contributed by atoms with Crippen molar-refractivity contribution in [2.24, 2.45) is 10.7 Å². The van der Waals surface area contributed by atoms with Crippen molar-refractivity contribution in [1.82, 2.24) is 0 Å². The molecule has 0 saturated heterocycles. The van der Waals surface area contributed by atoms with E-state index in [2.05, 4.69) is 4.99 Å². The number of hydrogen-bond donors (Lipinski definition) is 1. The van der Waals surface area contributed by atoms with E-state index >= 15 is 0 Å². The lowest BCUT2D eigenvalue weighted by atomic mass is 10.1. The normalized spacial score (nSPS) is 13.9. The first-order chi connectivity index (χ1) is 5.83. The summed E-state index contributed by atoms with van der Waals surface area (Å²) in [6, 6.07) is 5.86. The molecule has 0 aromatic heterocycles. The van der Waals surface area contributed by atoms with Crippen LogP contribution in [0.4, 0.5) is 0 Å². The highest BCUT2D eigenvalue weighted by Gasteiger charge is 2.16. The minimum Gasteiger partial charge on any atom is -0.496 e. The van der Waals surface area contributed by atoms with Crippen LogP contribution in [0.5, 0.6) is 5.75 Å². The van der Waals surface area contributed by atoms with Crippen molar-refractivity contribution in [2.45, 2.75) is 6.54 Å². The van der Waals surface area contributed by atoms with Gasteiger partial charge in [-0.05, 0) is 11.6 Å². The third kappa shape index (κ3) is 0.863. The van der Waals surface area contributed by atoms with Gasteiger partial charge >= 0.3 is 0 Å². The molecule has 12 heavy (non-hydrogen) atoms. The number of nitrogens with zero attached hydrogens (tertiary/aromatic N) is 1. The molecule has 0 unspecified atom stereocenters. The molecule has 1 aliphatic rings. The van der Waals surface area contributed by atoms with Gasteiger partial charge in [-0.15, -0.1) is 0 Å². The van der Waals surface area contributed by atoms with Crippen LogP contribution in [0.2, 0.25) is 0 Å². The van der Waals surface area contributed by atoms with Crippen molar-refractivity contribution >= 4 is 5.84 Å². The van der Waals surface area contributed by atoms with Crippen molar-refractivity contribution < 1.29 is 4.74 Å². The van der Waals surface area contributed by atoms with Gasteiger partial charge in [0.25, 0.3) is 0 Å². The highest BCUT2D eigenvalue weighted by atomic mass is 16.5. The second kappa shape index (κ2) is 2.52. The molecule has 0 spiro atoms. The summed E-state index contributed by atoms with van der Waals surface area (Å²) in [5, 5.41) is 0. The highest BCUT2D eigenvalue weighted by Crippen LogP contribution is 2.26. The largest absolute Gasteiger partial charge is 0.496 e. The van der Waals surface area contributed by atoms with Crippen LogP contribution in [0, 0.1) is 0 Å². The molecule has 1 heterocycles. The molecule has 2 rings (SSSR count). The van der Waals surface area contributed by atoms with Crippen molar-refractivity contribution in [2.75, 3.05) is 7.11 Å². The molecule has 62 valence electrons. The first-order valence-electron chi connectivity index (χ1n) is 3.79. The average Bonchev–Trinajstić information content (AvgIpc) is 2.48. The molecule has 3 nitrogen and oxygen atoms in total. The third-order valence-electron chi connectivity index (χ3n) is 2.01. The predicted molar refractivity (Wildman–Crippen MR) is 47.4 cm³/mol. The molecule has 1 aromatic rings. The maximum Gasteiger partial charge on any atom is 0.130 e. The number of hydrogen-bond acceptors (Lipinski definition) is 3. The second-order valence-corrected chi connectivity index (χ2v) is 2.70. The Hall–Kier alpha value is -1.51. The molecule has 0 amide bonds. The van der Waals surface area contributed by atoms with Crippen LogP contribution in [-0.2, 0) is 6.54 Å². The SMILES string of the molecule is COc1cccc2c1C(N)=NC2. The summed E-state index contributed by atoms with van der Waals surface area (Å²) in [5.41, 5.74) is 7.80. The Morgan fingerprint density at radius 2 is 2.33 bits per heavy atom. The Morgan fingerprint density at radius 1 is 1.50 bits per heavy atom. The number of aliphatic imine (C=N–C) groups is 1. The summed E-state index contributed by atoms with van der Waals surface area (Å²) in [6.07, 6.45) is 0. The van der Waals surface area contributed by atoms with Crippen LogP contribution in [-0.4, -0.2) is 12.9 Å². The number of ether oxygens (including phenoxy) is 1. The van der Waals surface area contributed by atoms with E-state index < -0.39 is 0 Å². The number of fused-ring (bicyclic) bond motifs is 1. The molecular formula is C9H10N2O. The highest BCUT2D eigenvalue weighted by molar-refractivity contribution is 6.03. The zero-order chi connectivity index (χ0) is 8.55. The summed E-state index contributed by atoms with van der Waals surface area (Å²) in [6.45, 7) is 0.679. The smallest absolute Gasteiger partial charge is 0.130 e. The van der Waals surface area contributed by atoms with Crippen molar-refractivity contribution in [3.05, 3.63) is 29.3 Å². The lowest BCUT2D eigenvalue weighted by Crippen LogP contribution is -2.11.